The lowest BCUT2D eigenvalue weighted by Gasteiger charge is -2.41. The zero-order valence-electron chi connectivity index (χ0n) is 27.8. The van der Waals surface area contributed by atoms with Crippen molar-refractivity contribution in [2.24, 2.45) is 10.8 Å². The molecule has 0 saturated heterocycles. The quantitative estimate of drug-likeness (QED) is 0.170. The minimum absolute atomic E-state index is 0.0303. The number of aromatic nitrogens is 1. The number of amides is 3. The van der Waals surface area contributed by atoms with Crippen LogP contribution in [0.25, 0.3) is 11.3 Å². The average molecular weight is 633 g/mol. The van der Waals surface area contributed by atoms with Crippen LogP contribution < -0.4 is 16.0 Å². The summed E-state index contributed by atoms with van der Waals surface area (Å²) in [5.74, 6) is -0.773. The highest BCUT2D eigenvalue weighted by Gasteiger charge is 2.40. The van der Waals surface area contributed by atoms with Crippen molar-refractivity contribution in [3.8, 4) is 11.3 Å². The largest absolute Gasteiger partial charge is 0.465 e. The number of alkyl carbamates (subject to hydrolysis) is 1. The number of carbonyl (C=O) groups excluding carboxylic acids is 2. The molecular formula is C36H48N4O6. The van der Waals surface area contributed by atoms with Gasteiger partial charge in [0.25, 0.3) is 0 Å². The number of carbonyl (C=O) groups is 3. The van der Waals surface area contributed by atoms with Gasteiger partial charge in [0.05, 0.1) is 24.9 Å². The molecule has 1 aromatic heterocycles. The smallest absolute Gasteiger partial charge is 0.407 e. The maximum atomic E-state index is 14.0. The third-order valence-electron chi connectivity index (χ3n) is 8.04. The molecule has 2 unspecified atom stereocenters. The highest BCUT2D eigenvalue weighted by molar-refractivity contribution is 5.86. The number of carboxylic acid groups (broad SMARTS) is 1. The Labute approximate surface area is 272 Å². The van der Waals surface area contributed by atoms with Gasteiger partial charge in [0.15, 0.2) is 0 Å². The van der Waals surface area contributed by atoms with Crippen molar-refractivity contribution in [2.75, 3.05) is 7.11 Å². The van der Waals surface area contributed by atoms with Gasteiger partial charge in [-0.15, -0.1) is 0 Å². The molecule has 0 aliphatic carbocycles. The number of aliphatic hydroxyl groups excluding tert-OH is 1. The molecule has 5 N–H and O–H groups in total. The Morgan fingerprint density at radius 2 is 1.43 bits per heavy atom. The molecular weight excluding hydrogens is 584 g/mol. The van der Waals surface area contributed by atoms with Crippen LogP contribution in [0.3, 0.4) is 0 Å². The van der Waals surface area contributed by atoms with Gasteiger partial charge in [0, 0.05) is 23.7 Å². The van der Waals surface area contributed by atoms with Crippen molar-refractivity contribution < 1.29 is 29.3 Å². The van der Waals surface area contributed by atoms with E-state index in [2.05, 4.69) is 41.7 Å². The van der Waals surface area contributed by atoms with E-state index in [1.807, 2.05) is 93.6 Å². The van der Waals surface area contributed by atoms with E-state index >= 15 is 0 Å². The topological polar surface area (TPSA) is 150 Å². The van der Waals surface area contributed by atoms with E-state index in [-0.39, 0.29) is 18.8 Å². The van der Waals surface area contributed by atoms with Gasteiger partial charge in [-0.05, 0) is 46.9 Å². The zero-order valence-corrected chi connectivity index (χ0v) is 27.8. The summed E-state index contributed by atoms with van der Waals surface area (Å²) < 4.78 is 4.80. The van der Waals surface area contributed by atoms with E-state index in [0.29, 0.717) is 0 Å². The lowest BCUT2D eigenvalue weighted by Crippen LogP contribution is -2.58. The van der Waals surface area contributed by atoms with E-state index in [0.717, 1.165) is 22.4 Å². The number of nitrogens with zero attached hydrogens (tertiary/aromatic N) is 1. The fourth-order valence-corrected chi connectivity index (χ4v) is 5.86. The Morgan fingerprint density at radius 3 is 1.96 bits per heavy atom. The number of ether oxygens (including phenoxy) is 1. The predicted octanol–water partition coefficient (Wildman–Crippen LogP) is 5.76. The highest BCUT2D eigenvalue weighted by atomic mass is 16.5. The Morgan fingerprint density at radius 1 is 0.804 bits per heavy atom. The first-order valence-corrected chi connectivity index (χ1v) is 15.5. The molecule has 46 heavy (non-hydrogen) atoms. The van der Waals surface area contributed by atoms with Crippen LogP contribution in [0.5, 0.6) is 0 Å². The van der Waals surface area contributed by atoms with Crippen LogP contribution in [0.4, 0.5) is 9.59 Å². The molecule has 5 atom stereocenters. The van der Waals surface area contributed by atoms with Crippen molar-refractivity contribution in [3.63, 3.8) is 0 Å². The van der Waals surface area contributed by atoms with Crippen LogP contribution in [0.15, 0.2) is 79.0 Å². The first kappa shape index (κ1) is 36.0. The minimum Gasteiger partial charge on any atom is -0.465 e. The summed E-state index contributed by atoms with van der Waals surface area (Å²) in [7, 11) is 1.23. The summed E-state index contributed by atoms with van der Waals surface area (Å²) in [5, 5.41) is 29.6. The Balaban J connectivity index is 2.05. The van der Waals surface area contributed by atoms with Gasteiger partial charge in [-0.25, -0.2) is 9.59 Å². The van der Waals surface area contributed by atoms with E-state index in [9.17, 15) is 24.6 Å². The Hall–Kier alpha value is -4.44. The second kappa shape index (κ2) is 15.7. The summed E-state index contributed by atoms with van der Waals surface area (Å²) in [5.41, 5.74) is 2.43. The number of benzene rings is 2. The van der Waals surface area contributed by atoms with E-state index in [4.69, 9.17) is 4.74 Å². The monoisotopic (exact) mass is 632 g/mol. The lowest BCUT2D eigenvalue weighted by atomic mass is 9.70. The molecule has 0 fully saturated rings. The zero-order chi connectivity index (χ0) is 34.1. The van der Waals surface area contributed by atoms with Gasteiger partial charge >= 0.3 is 12.2 Å². The Bertz CT molecular complexity index is 1420. The van der Waals surface area contributed by atoms with Crippen LogP contribution in [-0.4, -0.2) is 64.6 Å². The first-order chi connectivity index (χ1) is 21.6. The molecule has 1 heterocycles. The highest BCUT2D eigenvalue weighted by Crippen LogP contribution is 2.40. The summed E-state index contributed by atoms with van der Waals surface area (Å²) in [6.45, 7) is 11.7. The fraction of sp³-hybridized carbons (Fsp3) is 0.444. The second-order valence-electron chi connectivity index (χ2n) is 13.8. The molecule has 0 aliphatic rings. The van der Waals surface area contributed by atoms with Crippen molar-refractivity contribution in [1.29, 1.82) is 0 Å². The van der Waals surface area contributed by atoms with Gasteiger partial charge in [0.1, 0.15) is 6.04 Å². The van der Waals surface area contributed by atoms with Crippen molar-refractivity contribution >= 4 is 18.1 Å². The standard InChI is InChI=1S/C36H48N4O6/c1-35(2,3)30(25-18-16-24(17-19-25)26-15-11-12-20-37-26)28(38-32(42)31(36(4,5)6)40-34(45)46-7)22-29(41)27(39-33(43)44)21-23-13-9-8-10-14-23/h8-20,27-31,39,41H,21-22H2,1-7H3,(H,38,42)(H,40,45)(H,43,44)/t27-,28?,29+,30?,31+/m0/s1. The number of hydrogen-bond acceptors (Lipinski definition) is 6. The van der Waals surface area contributed by atoms with Crippen LogP contribution in [0, 0.1) is 10.8 Å². The van der Waals surface area contributed by atoms with Gasteiger partial charge in [-0.2, -0.15) is 0 Å². The third-order valence-corrected chi connectivity index (χ3v) is 8.04. The summed E-state index contributed by atoms with van der Waals surface area (Å²) in [6.07, 6.45) is -1.14. The van der Waals surface area contributed by atoms with E-state index in [1.165, 1.54) is 7.11 Å². The Kier molecular flexibility index (Phi) is 12.3. The number of hydrogen-bond donors (Lipinski definition) is 5. The number of rotatable bonds is 12. The molecule has 10 nitrogen and oxygen atoms in total. The fourth-order valence-electron chi connectivity index (χ4n) is 5.86. The van der Waals surface area contributed by atoms with Crippen molar-refractivity contribution in [1.82, 2.24) is 20.9 Å². The molecule has 0 spiro atoms. The van der Waals surface area contributed by atoms with Crippen LogP contribution >= 0.6 is 0 Å². The predicted molar refractivity (Wildman–Crippen MR) is 178 cm³/mol. The average Bonchev–Trinajstić information content (AvgIpc) is 2.99. The van der Waals surface area contributed by atoms with E-state index in [1.54, 1.807) is 6.20 Å². The maximum absolute atomic E-state index is 14.0. The van der Waals surface area contributed by atoms with Gasteiger partial charge < -0.3 is 30.9 Å². The van der Waals surface area contributed by atoms with Gasteiger partial charge in [0.2, 0.25) is 5.91 Å². The number of methoxy groups -OCH3 is 1. The van der Waals surface area contributed by atoms with Crippen LogP contribution in [0.2, 0.25) is 0 Å². The third kappa shape index (κ3) is 10.3. The van der Waals surface area contributed by atoms with Crippen molar-refractivity contribution in [3.05, 3.63) is 90.1 Å². The molecule has 3 amide bonds. The number of aliphatic hydroxyl groups is 1. The van der Waals surface area contributed by atoms with Gasteiger partial charge in [-0.3, -0.25) is 9.78 Å². The molecule has 3 rings (SSSR count). The van der Waals surface area contributed by atoms with Gasteiger partial charge in [-0.1, -0.05) is 102 Å². The van der Waals surface area contributed by atoms with Crippen LogP contribution in [-0.2, 0) is 16.0 Å². The second-order valence-corrected chi connectivity index (χ2v) is 13.8. The molecule has 3 aromatic rings. The number of nitrogens with one attached hydrogen (secondary N) is 3. The van der Waals surface area contributed by atoms with Crippen molar-refractivity contribution in [2.45, 2.75) is 84.5 Å². The molecule has 2 aromatic carbocycles. The molecule has 0 bridgehead atoms. The lowest BCUT2D eigenvalue weighted by molar-refractivity contribution is -0.126. The van der Waals surface area contributed by atoms with Crippen LogP contribution in [0.1, 0.15) is 65.0 Å². The molecule has 0 radical (unpaired) electrons. The number of pyridine rings is 1. The molecule has 10 heteroatoms. The SMILES string of the molecule is COC(=O)N[C@H](C(=O)NC(C[C@@H](O)[C@H](Cc1ccccc1)NC(=O)O)C(c1ccc(-c2ccccn2)cc1)C(C)(C)C)C(C)(C)C. The normalized spacial score (nSPS) is 15.0. The first-order valence-electron chi connectivity index (χ1n) is 15.5. The molecule has 0 saturated carbocycles. The minimum atomic E-state index is -1.26. The molecule has 0 aliphatic heterocycles. The summed E-state index contributed by atoms with van der Waals surface area (Å²) in [6, 6.07) is 20.5. The summed E-state index contributed by atoms with van der Waals surface area (Å²) >= 11 is 0. The van der Waals surface area contributed by atoms with E-state index < -0.39 is 53.2 Å². The summed E-state index contributed by atoms with van der Waals surface area (Å²) in [4.78, 5) is 42.5. The maximum Gasteiger partial charge on any atom is 0.407 e. The molecule has 248 valence electrons.